The Hall–Kier alpha value is -1.11. The monoisotopic (exact) mass is 298 g/mol. The molecule has 2 N–H and O–H groups in total. The Balaban J connectivity index is 2.29. The average Bonchev–Trinajstić information content (AvgIpc) is 2.47. The molecule has 1 saturated heterocycles. The topological polar surface area (TPSA) is 72.6 Å². The van der Waals surface area contributed by atoms with Crippen molar-refractivity contribution in [3.05, 3.63) is 23.8 Å². The number of methoxy groups -OCH3 is 1. The van der Waals surface area contributed by atoms with E-state index in [1.165, 1.54) is 11.4 Å². The Bertz CT molecular complexity index is 564. The van der Waals surface area contributed by atoms with E-state index in [4.69, 9.17) is 10.5 Å². The Morgan fingerprint density at radius 2 is 2.00 bits per heavy atom. The van der Waals surface area contributed by atoms with Gasteiger partial charge in [-0.05, 0) is 49.9 Å². The number of hydrogen-bond donors (Lipinski definition) is 1. The van der Waals surface area contributed by atoms with E-state index in [-0.39, 0.29) is 4.90 Å². The van der Waals surface area contributed by atoms with Gasteiger partial charge < -0.3 is 10.5 Å². The summed E-state index contributed by atoms with van der Waals surface area (Å²) < 4.78 is 32.2. The molecule has 0 bridgehead atoms. The Labute approximate surface area is 120 Å². The first-order chi connectivity index (χ1) is 9.48. The van der Waals surface area contributed by atoms with Crippen molar-refractivity contribution >= 4 is 10.0 Å². The molecule has 0 aliphatic carbocycles. The molecular weight excluding hydrogens is 276 g/mol. The molecule has 1 aliphatic heterocycles. The van der Waals surface area contributed by atoms with Gasteiger partial charge in [-0.2, -0.15) is 4.31 Å². The van der Waals surface area contributed by atoms with Gasteiger partial charge in [-0.15, -0.1) is 0 Å². The maximum Gasteiger partial charge on any atom is 0.246 e. The zero-order valence-corrected chi connectivity index (χ0v) is 12.8. The number of benzene rings is 1. The highest BCUT2D eigenvalue weighted by atomic mass is 32.2. The summed E-state index contributed by atoms with van der Waals surface area (Å²) in [4.78, 5) is 0.256. The van der Waals surface area contributed by atoms with Crippen molar-refractivity contribution in [3.63, 3.8) is 0 Å². The third kappa shape index (κ3) is 2.97. The van der Waals surface area contributed by atoms with Crippen molar-refractivity contribution in [3.8, 4) is 5.75 Å². The lowest BCUT2D eigenvalue weighted by Gasteiger charge is -2.30. The van der Waals surface area contributed by atoms with Gasteiger partial charge in [0.2, 0.25) is 10.0 Å². The van der Waals surface area contributed by atoms with Crippen molar-refractivity contribution in [2.24, 2.45) is 11.7 Å². The van der Waals surface area contributed by atoms with Gasteiger partial charge in [0.1, 0.15) is 10.6 Å². The lowest BCUT2D eigenvalue weighted by Crippen LogP contribution is -2.40. The summed E-state index contributed by atoms with van der Waals surface area (Å²) in [5.74, 6) is 0.831. The van der Waals surface area contributed by atoms with Crippen LogP contribution in [0.15, 0.2) is 23.1 Å². The predicted octanol–water partition coefficient (Wildman–Crippen LogP) is 1.36. The molecular formula is C14H22N2O3S. The van der Waals surface area contributed by atoms with Crippen LogP contribution >= 0.6 is 0 Å². The van der Waals surface area contributed by atoms with E-state index in [0.717, 1.165) is 18.4 Å². The molecule has 0 saturated carbocycles. The van der Waals surface area contributed by atoms with Crippen molar-refractivity contribution in [2.75, 3.05) is 26.7 Å². The quantitative estimate of drug-likeness (QED) is 0.911. The Morgan fingerprint density at radius 1 is 1.35 bits per heavy atom. The number of rotatable bonds is 4. The van der Waals surface area contributed by atoms with Crippen LogP contribution in [-0.2, 0) is 10.0 Å². The van der Waals surface area contributed by atoms with E-state index in [1.807, 2.05) is 13.0 Å². The van der Waals surface area contributed by atoms with Gasteiger partial charge in [-0.3, -0.25) is 0 Å². The molecule has 1 heterocycles. The van der Waals surface area contributed by atoms with E-state index in [0.29, 0.717) is 31.3 Å². The van der Waals surface area contributed by atoms with Gasteiger partial charge in [-0.25, -0.2) is 8.42 Å². The maximum absolute atomic E-state index is 12.7. The van der Waals surface area contributed by atoms with Gasteiger partial charge in [0.15, 0.2) is 0 Å². The van der Waals surface area contributed by atoms with Crippen LogP contribution in [0, 0.1) is 12.8 Å². The van der Waals surface area contributed by atoms with E-state index < -0.39 is 10.0 Å². The normalized spacial score (nSPS) is 18.1. The second kappa shape index (κ2) is 6.11. The predicted molar refractivity (Wildman–Crippen MR) is 78.3 cm³/mol. The second-order valence-electron chi connectivity index (χ2n) is 5.24. The first-order valence-electron chi connectivity index (χ1n) is 6.84. The van der Waals surface area contributed by atoms with Crippen molar-refractivity contribution in [2.45, 2.75) is 24.7 Å². The van der Waals surface area contributed by atoms with Crippen LogP contribution in [0.4, 0.5) is 0 Å². The van der Waals surface area contributed by atoms with Crippen molar-refractivity contribution in [1.29, 1.82) is 0 Å². The third-order valence-electron chi connectivity index (χ3n) is 3.84. The molecule has 0 atom stereocenters. The number of nitrogens with two attached hydrogens (primary N) is 1. The largest absolute Gasteiger partial charge is 0.495 e. The highest BCUT2D eigenvalue weighted by Gasteiger charge is 2.31. The third-order valence-corrected chi connectivity index (χ3v) is 5.76. The maximum atomic E-state index is 12.7. The van der Waals surface area contributed by atoms with Crippen molar-refractivity contribution < 1.29 is 13.2 Å². The van der Waals surface area contributed by atoms with Crippen molar-refractivity contribution in [1.82, 2.24) is 4.31 Å². The molecule has 0 amide bonds. The summed E-state index contributed by atoms with van der Waals surface area (Å²) in [6.45, 7) is 3.56. The minimum Gasteiger partial charge on any atom is -0.495 e. The molecule has 0 aromatic heterocycles. The van der Waals surface area contributed by atoms with Gasteiger partial charge in [-0.1, -0.05) is 6.07 Å². The van der Waals surface area contributed by atoms with Crippen LogP contribution in [0.2, 0.25) is 0 Å². The Morgan fingerprint density at radius 3 is 2.55 bits per heavy atom. The molecule has 5 nitrogen and oxygen atoms in total. The number of sulfonamides is 1. The fourth-order valence-electron chi connectivity index (χ4n) is 2.51. The van der Waals surface area contributed by atoms with Crippen LogP contribution < -0.4 is 10.5 Å². The lowest BCUT2D eigenvalue weighted by atomic mass is 9.99. The average molecular weight is 298 g/mol. The lowest BCUT2D eigenvalue weighted by molar-refractivity contribution is 0.277. The molecule has 0 spiro atoms. The van der Waals surface area contributed by atoms with Gasteiger partial charge >= 0.3 is 0 Å². The number of aryl methyl sites for hydroxylation is 1. The van der Waals surface area contributed by atoms with Gasteiger partial charge in [0, 0.05) is 13.1 Å². The number of piperidine rings is 1. The summed E-state index contributed by atoms with van der Waals surface area (Å²) in [6, 6.07) is 5.22. The zero-order chi connectivity index (χ0) is 14.8. The molecule has 112 valence electrons. The number of ether oxygens (including phenoxy) is 1. The van der Waals surface area contributed by atoms with Crippen LogP contribution in [0.3, 0.4) is 0 Å². The van der Waals surface area contributed by atoms with Crippen LogP contribution in [0.1, 0.15) is 18.4 Å². The van der Waals surface area contributed by atoms with Gasteiger partial charge in [0.25, 0.3) is 0 Å². The number of nitrogens with zero attached hydrogens (tertiary/aromatic N) is 1. The fraction of sp³-hybridized carbons (Fsp3) is 0.571. The van der Waals surface area contributed by atoms with Gasteiger partial charge in [0.05, 0.1) is 7.11 Å². The van der Waals surface area contributed by atoms with Crippen LogP contribution in [-0.4, -0.2) is 39.5 Å². The highest BCUT2D eigenvalue weighted by Crippen LogP contribution is 2.30. The summed E-state index contributed by atoms with van der Waals surface area (Å²) in [6.07, 6.45) is 1.65. The zero-order valence-electron chi connectivity index (χ0n) is 12.0. The molecule has 0 unspecified atom stereocenters. The molecule has 6 heteroatoms. The minimum absolute atomic E-state index is 0.256. The molecule has 2 rings (SSSR count). The van der Waals surface area contributed by atoms with E-state index in [1.54, 1.807) is 12.1 Å². The van der Waals surface area contributed by atoms with E-state index >= 15 is 0 Å². The highest BCUT2D eigenvalue weighted by molar-refractivity contribution is 7.89. The van der Waals surface area contributed by atoms with Crippen LogP contribution in [0.5, 0.6) is 5.75 Å². The standard InChI is InChI=1S/C14H22N2O3S/c1-11-3-4-13(19-2)14(9-11)20(17,18)16-7-5-12(10-15)6-8-16/h3-4,9,12H,5-8,10,15H2,1-2H3. The first kappa shape index (κ1) is 15.3. The molecule has 0 radical (unpaired) electrons. The Kier molecular flexibility index (Phi) is 4.67. The molecule has 1 aromatic rings. The SMILES string of the molecule is COc1ccc(C)cc1S(=O)(=O)N1CCC(CN)CC1. The summed E-state index contributed by atoms with van der Waals surface area (Å²) in [5, 5.41) is 0. The van der Waals surface area contributed by atoms with E-state index in [2.05, 4.69) is 0 Å². The molecule has 1 aromatic carbocycles. The molecule has 20 heavy (non-hydrogen) atoms. The second-order valence-corrected chi connectivity index (χ2v) is 7.14. The smallest absolute Gasteiger partial charge is 0.246 e. The van der Waals surface area contributed by atoms with E-state index in [9.17, 15) is 8.42 Å². The fourth-order valence-corrected chi connectivity index (χ4v) is 4.22. The minimum atomic E-state index is -3.49. The summed E-state index contributed by atoms with van der Waals surface area (Å²) in [5.41, 5.74) is 6.55. The number of hydrogen-bond acceptors (Lipinski definition) is 4. The van der Waals surface area contributed by atoms with Crippen LogP contribution in [0.25, 0.3) is 0 Å². The molecule has 1 aliphatic rings. The summed E-state index contributed by atoms with van der Waals surface area (Å²) in [7, 11) is -2.00. The first-order valence-corrected chi connectivity index (χ1v) is 8.28. The summed E-state index contributed by atoms with van der Waals surface area (Å²) >= 11 is 0. The molecule has 1 fully saturated rings.